The third-order valence-electron chi connectivity index (χ3n) is 5.38. The molecule has 1 atom stereocenters. The van der Waals surface area contributed by atoms with Gasteiger partial charge in [-0.05, 0) is 30.7 Å². The average molecular weight is 370 g/mol. The zero-order valence-corrected chi connectivity index (χ0v) is 15.8. The van der Waals surface area contributed by atoms with Gasteiger partial charge in [0.1, 0.15) is 0 Å². The van der Waals surface area contributed by atoms with Crippen molar-refractivity contribution >= 4 is 0 Å². The van der Waals surface area contributed by atoms with Crippen molar-refractivity contribution < 1.29 is 0 Å². The van der Waals surface area contributed by atoms with Crippen LogP contribution in [0.4, 0.5) is 0 Å². The number of H-pyrrole nitrogens is 1. The van der Waals surface area contributed by atoms with Crippen molar-refractivity contribution in [3.8, 4) is 5.69 Å². The summed E-state index contributed by atoms with van der Waals surface area (Å²) in [5.74, 6) is 0. The van der Waals surface area contributed by atoms with Crippen LogP contribution in [0.2, 0.25) is 0 Å². The van der Waals surface area contributed by atoms with Crippen LogP contribution in [-0.4, -0.2) is 36.2 Å². The predicted octanol–water partition coefficient (Wildman–Crippen LogP) is 3.45. The second-order valence-corrected chi connectivity index (χ2v) is 7.22. The van der Waals surface area contributed by atoms with Crippen LogP contribution in [-0.2, 0) is 13.0 Å². The maximum Gasteiger partial charge on any atom is 0.0971 e. The summed E-state index contributed by atoms with van der Waals surface area (Å²) in [4.78, 5) is 15.0. The molecule has 5 rings (SSSR count). The van der Waals surface area contributed by atoms with Crippen molar-refractivity contribution in [3.05, 3.63) is 95.6 Å². The van der Waals surface area contributed by atoms with E-state index in [2.05, 4.69) is 62.3 Å². The number of fused-ring (bicyclic) bond motifs is 1. The van der Waals surface area contributed by atoms with E-state index in [-0.39, 0.29) is 6.04 Å². The molecule has 3 aromatic heterocycles. The monoisotopic (exact) mass is 370 g/mol. The molecule has 0 radical (unpaired) electrons. The molecule has 0 fully saturated rings. The summed E-state index contributed by atoms with van der Waals surface area (Å²) in [5.41, 5.74) is 6.83. The molecule has 0 unspecified atom stereocenters. The zero-order valence-electron chi connectivity index (χ0n) is 15.8. The highest BCUT2D eigenvalue weighted by Gasteiger charge is 2.32. The molecule has 1 aliphatic heterocycles. The molecule has 1 aliphatic rings. The Balaban J connectivity index is 1.45. The van der Waals surface area contributed by atoms with Crippen molar-refractivity contribution in [1.82, 2.24) is 29.6 Å². The lowest BCUT2D eigenvalue weighted by Gasteiger charge is -2.34. The molecule has 6 nitrogen and oxygen atoms in total. The first-order chi connectivity index (χ1) is 13.8. The van der Waals surface area contributed by atoms with Gasteiger partial charge in [-0.15, -0.1) is 0 Å². The van der Waals surface area contributed by atoms with Gasteiger partial charge in [-0.3, -0.25) is 9.88 Å². The van der Waals surface area contributed by atoms with Gasteiger partial charge in [-0.25, -0.2) is 9.67 Å². The number of hydrogen-bond acceptors (Lipinski definition) is 4. The third kappa shape index (κ3) is 3.01. The number of hydrogen-bond donors (Lipinski definition) is 1. The molecule has 0 amide bonds. The Morgan fingerprint density at radius 2 is 2.00 bits per heavy atom. The lowest BCUT2D eigenvalue weighted by atomic mass is 9.99. The number of aromatic nitrogens is 5. The molecule has 6 heteroatoms. The van der Waals surface area contributed by atoms with E-state index in [1.807, 2.05) is 35.3 Å². The third-order valence-corrected chi connectivity index (χ3v) is 5.38. The molecule has 1 aromatic carbocycles. The second-order valence-electron chi connectivity index (χ2n) is 7.22. The van der Waals surface area contributed by atoms with Crippen molar-refractivity contribution in [3.63, 3.8) is 0 Å². The van der Waals surface area contributed by atoms with Crippen LogP contribution in [0, 0.1) is 6.92 Å². The molecule has 0 saturated heterocycles. The summed E-state index contributed by atoms with van der Waals surface area (Å²) in [6, 6.07) is 14.4. The first kappa shape index (κ1) is 16.9. The van der Waals surface area contributed by atoms with E-state index in [9.17, 15) is 0 Å². The Morgan fingerprint density at radius 3 is 2.86 bits per heavy atom. The van der Waals surface area contributed by atoms with Crippen LogP contribution >= 0.6 is 0 Å². The Labute approximate surface area is 163 Å². The van der Waals surface area contributed by atoms with Crippen molar-refractivity contribution in [1.29, 1.82) is 0 Å². The van der Waals surface area contributed by atoms with E-state index >= 15 is 0 Å². The number of benzene rings is 1. The molecule has 0 bridgehead atoms. The van der Waals surface area contributed by atoms with Crippen molar-refractivity contribution in [2.45, 2.75) is 25.9 Å². The Morgan fingerprint density at radius 1 is 1.11 bits per heavy atom. The standard InChI is InChI=1S/C22H22N6/c1-16-6-2-3-8-20(16)28-14-17(12-26-28)13-27-11-9-18-21(25-15-24-18)22(27)19-7-4-5-10-23-19/h2-8,10,12,14-15,22H,9,11,13H2,1H3,(H,24,25)/t22-/m1/s1. The number of aromatic amines is 1. The number of imidazole rings is 1. The van der Waals surface area contributed by atoms with Gasteiger partial charge in [-0.1, -0.05) is 24.3 Å². The Kier molecular flexibility index (Phi) is 4.25. The van der Waals surface area contributed by atoms with Crippen molar-refractivity contribution in [2.24, 2.45) is 0 Å². The van der Waals surface area contributed by atoms with Gasteiger partial charge in [0.05, 0.1) is 35.6 Å². The fourth-order valence-corrected chi connectivity index (χ4v) is 3.99. The van der Waals surface area contributed by atoms with Gasteiger partial charge in [0.2, 0.25) is 0 Å². The van der Waals surface area contributed by atoms with Crippen LogP contribution < -0.4 is 0 Å². The smallest absolute Gasteiger partial charge is 0.0971 e. The number of aryl methyl sites for hydroxylation is 1. The highest BCUT2D eigenvalue weighted by Crippen LogP contribution is 2.33. The fraction of sp³-hybridized carbons (Fsp3) is 0.227. The molecule has 140 valence electrons. The minimum absolute atomic E-state index is 0.0537. The van der Waals surface area contributed by atoms with Gasteiger partial charge in [-0.2, -0.15) is 5.10 Å². The van der Waals surface area contributed by atoms with Gasteiger partial charge in [0, 0.05) is 43.2 Å². The molecule has 1 N–H and O–H groups in total. The van der Waals surface area contributed by atoms with Crippen LogP contribution in [0.5, 0.6) is 0 Å². The van der Waals surface area contributed by atoms with E-state index < -0.39 is 0 Å². The summed E-state index contributed by atoms with van der Waals surface area (Å²) >= 11 is 0. The number of nitrogens with one attached hydrogen (secondary N) is 1. The molecular formula is C22H22N6. The quantitative estimate of drug-likeness (QED) is 0.598. The lowest BCUT2D eigenvalue weighted by molar-refractivity contribution is 0.197. The molecule has 0 aliphatic carbocycles. The van der Waals surface area contributed by atoms with E-state index in [0.717, 1.165) is 36.6 Å². The highest BCUT2D eigenvalue weighted by atomic mass is 15.3. The van der Waals surface area contributed by atoms with E-state index in [1.165, 1.54) is 16.8 Å². The van der Waals surface area contributed by atoms with Crippen LogP contribution in [0.3, 0.4) is 0 Å². The summed E-state index contributed by atoms with van der Waals surface area (Å²) in [7, 11) is 0. The summed E-state index contributed by atoms with van der Waals surface area (Å²) in [6.45, 7) is 3.86. The minimum atomic E-state index is 0.0537. The van der Waals surface area contributed by atoms with E-state index in [1.54, 1.807) is 6.33 Å². The highest BCUT2D eigenvalue weighted by molar-refractivity contribution is 5.39. The van der Waals surface area contributed by atoms with Crippen LogP contribution in [0.25, 0.3) is 5.69 Å². The van der Waals surface area contributed by atoms with Gasteiger partial charge >= 0.3 is 0 Å². The largest absolute Gasteiger partial charge is 0.348 e. The first-order valence-electron chi connectivity index (χ1n) is 9.56. The van der Waals surface area contributed by atoms with E-state index in [0.29, 0.717) is 0 Å². The maximum atomic E-state index is 4.62. The molecule has 4 aromatic rings. The SMILES string of the molecule is Cc1ccccc1-n1cc(CN2CCc3[nH]cnc3[C@H]2c2ccccn2)cn1. The van der Waals surface area contributed by atoms with Crippen molar-refractivity contribution in [2.75, 3.05) is 6.54 Å². The number of pyridine rings is 1. The number of rotatable bonds is 4. The van der Waals surface area contributed by atoms with Gasteiger partial charge < -0.3 is 4.98 Å². The summed E-state index contributed by atoms with van der Waals surface area (Å²) in [6.07, 6.45) is 8.69. The van der Waals surface area contributed by atoms with Gasteiger partial charge in [0.25, 0.3) is 0 Å². The first-order valence-corrected chi connectivity index (χ1v) is 9.56. The van der Waals surface area contributed by atoms with Gasteiger partial charge in [0.15, 0.2) is 0 Å². The molecule has 28 heavy (non-hydrogen) atoms. The topological polar surface area (TPSA) is 62.6 Å². The summed E-state index contributed by atoms with van der Waals surface area (Å²) < 4.78 is 1.96. The molecule has 4 heterocycles. The van der Waals surface area contributed by atoms with Crippen LogP contribution in [0.15, 0.2) is 67.4 Å². The summed E-state index contributed by atoms with van der Waals surface area (Å²) in [5, 5.41) is 4.60. The zero-order chi connectivity index (χ0) is 18.9. The Hall–Kier alpha value is -3.25. The number of nitrogens with zero attached hydrogens (tertiary/aromatic N) is 5. The average Bonchev–Trinajstić information content (AvgIpc) is 3.38. The normalized spacial score (nSPS) is 16.8. The predicted molar refractivity (Wildman–Crippen MR) is 107 cm³/mol. The number of para-hydroxylation sites is 1. The van der Waals surface area contributed by atoms with E-state index in [4.69, 9.17) is 0 Å². The second kappa shape index (κ2) is 7.05. The van der Waals surface area contributed by atoms with Crippen LogP contribution in [0.1, 0.15) is 34.3 Å². The Bertz CT molecular complexity index is 1080. The minimum Gasteiger partial charge on any atom is -0.348 e. The molecule has 0 spiro atoms. The maximum absolute atomic E-state index is 4.62. The molecule has 0 saturated carbocycles. The fourth-order valence-electron chi connectivity index (χ4n) is 3.99. The molecular weight excluding hydrogens is 348 g/mol. The lowest BCUT2D eigenvalue weighted by Crippen LogP contribution is -2.36.